The number of carbonyl (C=O) groups is 2. The highest BCUT2D eigenvalue weighted by Crippen LogP contribution is 2.30. The van der Waals surface area contributed by atoms with Crippen molar-refractivity contribution in [2.75, 3.05) is 23.4 Å². The summed E-state index contributed by atoms with van der Waals surface area (Å²) in [4.78, 5) is 26.7. The van der Waals surface area contributed by atoms with Crippen LogP contribution >= 0.6 is 11.3 Å². The van der Waals surface area contributed by atoms with Gasteiger partial charge in [0.25, 0.3) is 0 Å². The molecule has 8 heteroatoms. The minimum atomic E-state index is -0.403. The van der Waals surface area contributed by atoms with Crippen LogP contribution in [-0.2, 0) is 9.59 Å². The third kappa shape index (κ3) is 4.49. The molecular formula is C20H26N4O3S. The van der Waals surface area contributed by atoms with Gasteiger partial charge in [-0.3, -0.25) is 9.59 Å². The van der Waals surface area contributed by atoms with Crippen LogP contribution in [0.4, 0.5) is 10.8 Å². The quantitative estimate of drug-likeness (QED) is 0.725. The first-order chi connectivity index (χ1) is 13.5. The van der Waals surface area contributed by atoms with Gasteiger partial charge in [0.1, 0.15) is 10.8 Å². The van der Waals surface area contributed by atoms with E-state index in [1.54, 1.807) is 4.90 Å². The molecule has 7 nitrogen and oxygen atoms in total. The number of ether oxygens (including phenoxy) is 1. The Morgan fingerprint density at radius 1 is 1.25 bits per heavy atom. The van der Waals surface area contributed by atoms with Crippen molar-refractivity contribution in [1.29, 1.82) is 0 Å². The molecule has 0 aliphatic carbocycles. The standard InChI is InChI=1S/C20H26N4O3S/c1-4-13(5-2)19-22-23-20(28-19)21-18(26)14-11-17(25)24(12-14)15-7-9-16(10-8-15)27-6-3/h7-10,13-14H,4-6,11-12H2,1-3H3,(H,21,23,26)/t14-/m1/s1. The summed E-state index contributed by atoms with van der Waals surface area (Å²) in [6, 6.07) is 7.35. The van der Waals surface area contributed by atoms with Gasteiger partial charge in [-0.05, 0) is 44.0 Å². The van der Waals surface area contributed by atoms with E-state index >= 15 is 0 Å². The van der Waals surface area contributed by atoms with Crippen LogP contribution in [0.5, 0.6) is 5.75 Å². The molecule has 1 saturated heterocycles. The van der Waals surface area contributed by atoms with Gasteiger partial charge in [-0.2, -0.15) is 0 Å². The third-order valence-corrected chi connectivity index (χ3v) is 5.96. The number of nitrogens with one attached hydrogen (secondary N) is 1. The highest BCUT2D eigenvalue weighted by Gasteiger charge is 2.35. The van der Waals surface area contributed by atoms with Gasteiger partial charge in [-0.1, -0.05) is 25.2 Å². The molecule has 0 radical (unpaired) electrons. The Kier molecular flexibility index (Phi) is 6.61. The Morgan fingerprint density at radius 3 is 2.61 bits per heavy atom. The molecule has 2 heterocycles. The van der Waals surface area contributed by atoms with E-state index in [2.05, 4.69) is 29.4 Å². The van der Waals surface area contributed by atoms with Crippen LogP contribution < -0.4 is 15.0 Å². The van der Waals surface area contributed by atoms with Crippen LogP contribution in [0.1, 0.15) is 51.0 Å². The van der Waals surface area contributed by atoms with E-state index in [1.165, 1.54) is 11.3 Å². The minimum Gasteiger partial charge on any atom is -0.494 e. The molecule has 2 aromatic rings. The van der Waals surface area contributed by atoms with Crippen LogP contribution in [0, 0.1) is 5.92 Å². The summed E-state index contributed by atoms with van der Waals surface area (Å²) in [5.74, 6) is 0.482. The van der Waals surface area contributed by atoms with Crippen LogP contribution in [0.15, 0.2) is 24.3 Å². The summed E-state index contributed by atoms with van der Waals surface area (Å²) in [7, 11) is 0. The number of rotatable bonds is 8. The van der Waals surface area contributed by atoms with Crippen LogP contribution in [0.2, 0.25) is 0 Å². The molecule has 2 amide bonds. The molecule has 3 rings (SSSR count). The Balaban J connectivity index is 1.62. The van der Waals surface area contributed by atoms with Crippen LogP contribution in [0.25, 0.3) is 0 Å². The zero-order chi connectivity index (χ0) is 20.1. The van der Waals surface area contributed by atoms with Crippen molar-refractivity contribution >= 4 is 34.0 Å². The summed E-state index contributed by atoms with van der Waals surface area (Å²) < 4.78 is 5.43. The molecule has 1 fully saturated rings. The Bertz CT molecular complexity index is 817. The maximum absolute atomic E-state index is 12.6. The lowest BCUT2D eigenvalue weighted by atomic mass is 10.1. The highest BCUT2D eigenvalue weighted by molar-refractivity contribution is 7.15. The molecule has 1 aromatic carbocycles. The lowest BCUT2D eigenvalue weighted by molar-refractivity contribution is -0.122. The van der Waals surface area contributed by atoms with Gasteiger partial charge in [0.2, 0.25) is 16.9 Å². The summed E-state index contributed by atoms with van der Waals surface area (Å²) in [5, 5.41) is 12.6. The Morgan fingerprint density at radius 2 is 1.96 bits per heavy atom. The highest BCUT2D eigenvalue weighted by atomic mass is 32.1. The number of aromatic nitrogens is 2. The number of anilines is 2. The molecule has 0 saturated carbocycles. The van der Waals surface area contributed by atoms with Crippen molar-refractivity contribution < 1.29 is 14.3 Å². The fraction of sp³-hybridized carbons (Fsp3) is 0.500. The zero-order valence-corrected chi connectivity index (χ0v) is 17.3. The second-order valence-electron chi connectivity index (χ2n) is 6.78. The third-order valence-electron chi connectivity index (χ3n) is 4.96. The average Bonchev–Trinajstić information content (AvgIpc) is 3.31. The van der Waals surface area contributed by atoms with Crippen molar-refractivity contribution in [2.24, 2.45) is 5.92 Å². The van der Waals surface area contributed by atoms with Crippen molar-refractivity contribution in [2.45, 2.75) is 46.0 Å². The second kappa shape index (κ2) is 9.14. The molecule has 1 atom stereocenters. The molecule has 0 bridgehead atoms. The first-order valence-electron chi connectivity index (χ1n) is 9.73. The maximum atomic E-state index is 12.6. The van der Waals surface area contributed by atoms with E-state index in [4.69, 9.17) is 4.74 Å². The van der Waals surface area contributed by atoms with Crippen LogP contribution in [-0.4, -0.2) is 35.2 Å². The molecule has 1 aliphatic rings. The monoisotopic (exact) mass is 402 g/mol. The molecule has 0 unspecified atom stereocenters. The molecular weight excluding hydrogens is 376 g/mol. The van der Waals surface area contributed by atoms with Crippen molar-refractivity contribution in [3.63, 3.8) is 0 Å². The van der Waals surface area contributed by atoms with E-state index in [1.807, 2.05) is 31.2 Å². The molecule has 1 N–H and O–H groups in total. The van der Waals surface area contributed by atoms with Gasteiger partial charge >= 0.3 is 0 Å². The number of amides is 2. The number of carbonyl (C=O) groups excluding carboxylic acids is 2. The van der Waals surface area contributed by atoms with E-state index in [0.717, 1.165) is 29.3 Å². The summed E-state index contributed by atoms with van der Waals surface area (Å²) in [6.07, 6.45) is 2.18. The first kappa shape index (κ1) is 20.3. The van der Waals surface area contributed by atoms with Gasteiger partial charge in [0.05, 0.1) is 12.5 Å². The fourth-order valence-corrected chi connectivity index (χ4v) is 4.33. The maximum Gasteiger partial charge on any atom is 0.231 e. The van der Waals surface area contributed by atoms with Crippen molar-refractivity contribution in [3.8, 4) is 5.75 Å². The van der Waals surface area contributed by atoms with Gasteiger partial charge in [0.15, 0.2) is 0 Å². The minimum absolute atomic E-state index is 0.0562. The lowest BCUT2D eigenvalue weighted by Crippen LogP contribution is -2.28. The Labute approximate surface area is 169 Å². The largest absolute Gasteiger partial charge is 0.494 e. The van der Waals surface area contributed by atoms with E-state index in [9.17, 15) is 9.59 Å². The predicted molar refractivity (Wildman–Crippen MR) is 110 cm³/mol. The molecule has 150 valence electrons. The van der Waals surface area contributed by atoms with E-state index < -0.39 is 5.92 Å². The smallest absolute Gasteiger partial charge is 0.231 e. The summed E-state index contributed by atoms with van der Waals surface area (Å²) in [5.41, 5.74) is 0.774. The normalized spacial score (nSPS) is 16.6. The van der Waals surface area contributed by atoms with Crippen LogP contribution in [0.3, 0.4) is 0 Å². The molecule has 0 spiro atoms. The van der Waals surface area contributed by atoms with E-state index in [-0.39, 0.29) is 18.2 Å². The SMILES string of the molecule is CCOc1ccc(N2C[C@H](C(=O)Nc3nnc(C(CC)CC)s3)CC2=O)cc1. The number of hydrogen-bond acceptors (Lipinski definition) is 6. The molecule has 1 aromatic heterocycles. The first-order valence-corrected chi connectivity index (χ1v) is 10.5. The molecule has 1 aliphatic heterocycles. The number of benzene rings is 1. The number of nitrogens with zero attached hydrogens (tertiary/aromatic N) is 3. The van der Waals surface area contributed by atoms with Gasteiger partial charge in [-0.25, -0.2) is 0 Å². The number of hydrogen-bond donors (Lipinski definition) is 1. The van der Waals surface area contributed by atoms with Crippen molar-refractivity contribution in [3.05, 3.63) is 29.3 Å². The van der Waals surface area contributed by atoms with Gasteiger partial charge in [0, 0.05) is 24.6 Å². The second-order valence-corrected chi connectivity index (χ2v) is 7.79. The summed E-state index contributed by atoms with van der Waals surface area (Å²) >= 11 is 1.41. The fourth-order valence-electron chi connectivity index (χ4n) is 3.32. The topological polar surface area (TPSA) is 84.4 Å². The average molecular weight is 403 g/mol. The predicted octanol–water partition coefficient (Wildman–Crippen LogP) is 3.83. The van der Waals surface area contributed by atoms with Gasteiger partial charge in [-0.15, -0.1) is 10.2 Å². The lowest BCUT2D eigenvalue weighted by Gasteiger charge is -2.17. The van der Waals surface area contributed by atoms with Crippen molar-refractivity contribution in [1.82, 2.24) is 10.2 Å². The Hall–Kier alpha value is -2.48. The van der Waals surface area contributed by atoms with E-state index in [0.29, 0.717) is 24.2 Å². The van der Waals surface area contributed by atoms with Gasteiger partial charge < -0.3 is 15.0 Å². The molecule has 28 heavy (non-hydrogen) atoms. The zero-order valence-electron chi connectivity index (χ0n) is 16.5. The summed E-state index contributed by atoms with van der Waals surface area (Å²) in [6.45, 7) is 7.11.